The highest BCUT2D eigenvalue weighted by Crippen LogP contribution is 2.47. The normalized spacial score (nSPS) is 19.8. The van der Waals surface area contributed by atoms with Crippen LogP contribution in [0.3, 0.4) is 0 Å². The summed E-state index contributed by atoms with van der Waals surface area (Å²) < 4.78 is 87.1. The lowest BCUT2D eigenvalue weighted by atomic mass is 10.1. The second kappa shape index (κ2) is 9.73. The number of nitrogens with one attached hydrogen (secondary N) is 1. The molecule has 2 atom stereocenters. The predicted molar refractivity (Wildman–Crippen MR) is 119 cm³/mol. The first-order valence-corrected chi connectivity index (χ1v) is 13.7. The molecule has 0 bridgehead atoms. The molecule has 2 N–H and O–H groups in total. The Morgan fingerprint density at radius 1 is 1.24 bits per heavy atom. The Labute approximate surface area is 199 Å². The summed E-state index contributed by atoms with van der Waals surface area (Å²) in [6.45, 7) is 1.93. The van der Waals surface area contributed by atoms with Gasteiger partial charge in [0.2, 0.25) is 0 Å². The molecule has 3 rings (SSSR count). The largest absolute Gasteiger partial charge is 0.417 e. The van der Waals surface area contributed by atoms with Crippen molar-refractivity contribution in [2.75, 3.05) is 30.6 Å². The number of ether oxygens (including phenoxy) is 1. The van der Waals surface area contributed by atoms with E-state index < -0.39 is 45.3 Å². The molecule has 33 heavy (non-hydrogen) atoms. The summed E-state index contributed by atoms with van der Waals surface area (Å²) in [6.07, 6.45) is -5.60. The maximum atomic E-state index is 13.2. The molecule has 0 saturated carbocycles. The van der Waals surface area contributed by atoms with Crippen LogP contribution < -0.4 is 4.72 Å². The fraction of sp³-hybridized carbons (Fsp3) is 0.368. The standard InChI is InChI=1S/C19H20Cl2F3N2O5PS/c1-2-32(27,28)26-7-8-31-18(11-26)14-5-3-12(20)9-17(14)25-33(29,30)13-4-6-16(21)15(10-13)19(22,23)24/h3-6,9-10,18,25H,2,7-8,11H2,1H3,(H,27,28). The number of hydrogen-bond acceptors (Lipinski definition) is 4. The minimum Gasteiger partial charge on any atom is -0.371 e. The van der Waals surface area contributed by atoms with Crippen molar-refractivity contribution in [2.45, 2.75) is 24.1 Å². The molecule has 182 valence electrons. The van der Waals surface area contributed by atoms with Crippen LogP contribution in [0, 0.1) is 0 Å². The van der Waals surface area contributed by atoms with Gasteiger partial charge in [0.05, 0.1) is 33.9 Å². The van der Waals surface area contributed by atoms with E-state index in [0.717, 1.165) is 12.1 Å². The molecule has 1 aliphatic rings. The number of morpholine rings is 1. The summed E-state index contributed by atoms with van der Waals surface area (Å²) in [5, 5.41) is -0.470. The Morgan fingerprint density at radius 2 is 1.94 bits per heavy atom. The third-order valence-corrected chi connectivity index (χ3v) is 9.06. The van der Waals surface area contributed by atoms with Crippen molar-refractivity contribution >= 4 is 46.4 Å². The Morgan fingerprint density at radius 3 is 2.58 bits per heavy atom. The molecule has 0 aromatic heterocycles. The van der Waals surface area contributed by atoms with Crippen molar-refractivity contribution in [1.29, 1.82) is 0 Å². The van der Waals surface area contributed by atoms with E-state index in [-0.39, 0.29) is 36.6 Å². The second-order valence-electron chi connectivity index (χ2n) is 7.23. The fourth-order valence-electron chi connectivity index (χ4n) is 3.30. The molecular formula is C19H20Cl2F3N2O5PS. The van der Waals surface area contributed by atoms with E-state index in [4.69, 9.17) is 27.9 Å². The highest BCUT2D eigenvalue weighted by Gasteiger charge is 2.36. The van der Waals surface area contributed by atoms with E-state index in [1.54, 1.807) is 6.92 Å². The van der Waals surface area contributed by atoms with Crippen molar-refractivity contribution in [1.82, 2.24) is 4.67 Å². The van der Waals surface area contributed by atoms with Crippen molar-refractivity contribution in [3.63, 3.8) is 0 Å². The SMILES string of the molecule is CCP(=O)(O)N1CCOC(c2ccc(Cl)cc2NS(=O)(=O)c2ccc(Cl)c(C(F)(F)F)c2)C1. The molecule has 0 radical (unpaired) electrons. The van der Waals surface area contributed by atoms with E-state index in [1.165, 1.54) is 22.9 Å². The van der Waals surface area contributed by atoms with E-state index in [0.29, 0.717) is 11.6 Å². The number of anilines is 1. The lowest BCUT2D eigenvalue weighted by Gasteiger charge is -2.35. The highest BCUT2D eigenvalue weighted by atomic mass is 35.5. The Kier molecular flexibility index (Phi) is 7.75. The number of sulfonamides is 1. The Hall–Kier alpha value is -1.33. The van der Waals surface area contributed by atoms with Gasteiger partial charge in [0.1, 0.15) is 0 Å². The first-order chi connectivity index (χ1) is 15.2. The van der Waals surface area contributed by atoms with Crippen molar-refractivity contribution in [3.05, 3.63) is 57.6 Å². The summed E-state index contributed by atoms with van der Waals surface area (Å²) >= 11 is 11.6. The van der Waals surface area contributed by atoms with Gasteiger partial charge in [0.15, 0.2) is 0 Å². The van der Waals surface area contributed by atoms with Gasteiger partial charge in [0, 0.05) is 29.8 Å². The molecule has 2 aromatic rings. The van der Waals surface area contributed by atoms with E-state index in [9.17, 15) is 31.0 Å². The van der Waals surface area contributed by atoms with Gasteiger partial charge >= 0.3 is 6.18 Å². The van der Waals surface area contributed by atoms with Gasteiger partial charge < -0.3 is 9.63 Å². The van der Waals surface area contributed by atoms with E-state index >= 15 is 0 Å². The van der Waals surface area contributed by atoms with Crippen LogP contribution >= 0.6 is 30.7 Å². The molecule has 1 fully saturated rings. The first-order valence-electron chi connectivity index (χ1n) is 9.62. The molecule has 1 aliphatic heterocycles. The molecule has 14 heteroatoms. The third kappa shape index (κ3) is 6.03. The Bertz CT molecular complexity index is 1200. The van der Waals surface area contributed by atoms with Crippen LogP contribution in [0.2, 0.25) is 10.0 Å². The smallest absolute Gasteiger partial charge is 0.371 e. The topological polar surface area (TPSA) is 95.9 Å². The zero-order chi connectivity index (χ0) is 24.6. The monoisotopic (exact) mass is 546 g/mol. The maximum absolute atomic E-state index is 13.2. The quantitative estimate of drug-likeness (QED) is 0.471. The Balaban J connectivity index is 1.97. The predicted octanol–water partition coefficient (Wildman–Crippen LogP) is 5.39. The van der Waals surface area contributed by atoms with Crippen molar-refractivity contribution < 1.29 is 35.8 Å². The van der Waals surface area contributed by atoms with Gasteiger partial charge in [-0.2, -0.15) is 13.2 Å². The van der Waals surface area contributed by atoms with Gasteiger partial charge in [-0.05, 0) is 30.3 Å². The van der Waals surface area contributed by atoms with Crippen LogP contribution in [0.1, 0.15) is 24.2 Å². The molecule has 0 spiro atoms. The van der Waals surface area contributed by atoms with Crippen LogP contribution in [0.4, 0.5) is 18.9 Å². The number of alkyl halides is 3. The lowest BCUT2D eigenvalue weighted by Crippen LogP contribution is -2.36. The number of benzene rings is 2. The zero-order valence-electron chi connectivity index (χ0n) is 17.1. The maximum Gasteiger partial charge on any atom is 0.417 e. The van der Waals surface area contributed by atoms with Gasteiger partial charge in [0.25, 0.3) is 17.5 Å². The molecule has 1 heterocycles. The lowest BCUT2D eigenvalue weighted by molar-refractivity contribution is -0.137. The molecule has 7 nitrogen and oxygen atoms in total. The highest BCUT2D eigenvalue weighted by molar-refractivity contribution is 7.92. The summed E-state index contributed by atoms with van der Waals surface area (Å²) in [5.41, 5.74) is -1.00. The van der Waals surface area contributed by atoms with Gasteiger partial charge in [-0.1, -0.05) is 36.2 Å². The first kappa shape index (κ1) is 26.3. The summed E-state index contributed by atoms with van der Waals surface area (Å²) in [4.78, 5) is 9.52. The van der Waals surface area contributed by atoms with Crippen LogP contribution in [0.25, 0.3) is 0 Å². The van der Waals surface area contributed by atoms with Crippen LogP contribution in [0.15, 0.2) is 41.3 Å². The minimum absolute atomic E-state index is 0.0111. The van der Waals surface area contributed by atoms with Crippen LogP contribution in [-0.4, -0.2) is 43.8 Å². The molecule has 2 unspecified atom stereocenters. The summed E-state index contributed by atoms with van der Waals surface area (Å²) in [6, 6.07) is 6.51. The van der Waals surface area contributed by atoms with Gasteiger partial charge in [-0.15, -0.1) is 0 Å². The number of hydrogen-bond donors (Lipinski definition) is 2. The van der Waals surface area contributed by atoms with E-state index in [1.807, 2.05) is 0 Å². The number of rotatable bonds is 6. The number of nitrogens with zero attached hydrogens (tertiary/aromatic N) is 1. The average Bonchev–Trinajstić information content (AvgIpc) is 2.73. The average molecular weight is 547 g/mol. The molecule has 2 aromatic carbocycles. The van der Waals surface area contributed by atoms with Gasteiger partial charge in [-0.25, -0.2) is 13.1 Å². The van der Waals surface area contributed by atoms with Crippen molar-refractivity contribution in [2.24, 2.45) is 0 Å². The summed E-state index contributed by atoms with van der Waals surface area (Å²) in [7, 11) is -8.05. The van der Waals surface area contributed by atoms with Crippen LogP contribution in [0.5, 0.6) is 0 Å². The minimum atomic E-state index is -4.85. The van der Waals surface area contributed by atoms with Gasteiger partial charge in [-0.3, -0.25) is 9.29 Å². The zero-order valence-corrected chi connectivity index (χ0v) is 20.4. The summed E-state index contributed by atoms with van der Waals surface area (Å²) in [5.74, 6) is 0. The number of halogens is 5. The molecule has 1 saturated heterocycles. The second-order valence-corrected chi connectivity index (χ2v) is 12.3. The third-order valence-electron chi connectivity index (χ3n) is 5.06. The fourth-order valence-corrected chi connectivity index (χ4v) is 6.00. The molecule has 0 amide bonds. The van der Waals surface area contributed by atoms with E-state index in [2.05, 4.69) is 4.72 Å². The molecular weight excluding hydrogens is 527 g/mol. The molecule has 0 aliphatic carbocycles. The van der Waals surface area contributed by atoms with Crippen molar-refractivity contribution in [3.8, 4) is 0 Å². The van der Waals surface area contributed by atoms with Crippen LogP contribution in [-0.2, 0) is 25.5 Å².